The molecule has 1 aromatic heterocycles. The summed E-state index contributed by atoms with van der Waals surface area (Å²) in [5.41, 5.74) is 2.55. The summed E-state index contributed by atoms with van der Waals surface area (Å²) in [5, 5.41) is 17.1. The molecular weight excluding hydrogens is 382 g/mol. The fourth-order valence-corrected chi connectivity index (χ4v) is 3.19. The molecule has 30 heavy (non-hydrogen) atoms. The van der Waals surface area contributed by atoms with Crippen molar-refractivity contribution in [2.45, 2.75) is 33.7 Å². The van der Waals surface area contributed by atoms with Gasteiger partial charge in [0.05, 0.1) is 18.3 Å². The Bertz CT molecular complexity index is 1140. The second kappa shape index (κ2) is 8.82. The van der Waals surface area contributed by atoms with Crippen LogP contribution >= 0.6 is 0 Å². The first-order valence-corrected chi connectivity index (χ1v) is 9.74. The van der Waals surface area contributed by atoms with Crippen LogP contribution in [0.4, 0.5) is 0 Å². The van der Waals surface area contributed by atoms with Gasteiger partial charge in [-0.15, -0.1) is 0 Å². The second-order valence-electron chi connectivity index (χ2n) is 7.14. The van der Waals surface area contributed by atoms with E-state index in [4.69, 9.17) is 4.74 Å². The minimum atomic E-state index is -0.592. The fourth-order valence-electron chi connectivity index (χ4n) is 3.19. The number of rotatable bonds is 6. The monoisotopic (exact) mass is 407 g/mol. The summed E-state index contributed by atoms with van der Waals surface area (Å²) in [6.07, 6.45) is 0. The van der Waals surface area contributed by atoms with Crippen LogP contribution in [-0.4, -0.2) is 27.4 Å². The van der Waals surface area contributed by atoms with E-state index in [0.717, 1.165) is 27.4 Å². The molecule has 0 radical (unpaired) electrons. The van der Waals surface area contributed by atoms with Crippen LogP contribution in [-0.2, 0) is 0 Å². The highest BCUT2D eigenvalue weighted by Gasteiger charge is 2.21. The van der Waals surface area contributed by atoms with Gasteiger partial charge in [0.25, 0.3) is 11.5 Å². The minimum Gasteiger partial charge on any atom is -0.505 e. The first kappa shape index (κ1) is 21.1. The zero-order valence-electron chi connectivity index (χ0n) is 17.5. The Morgan fingerprint density at radius 2 is 1.90 bits per heavy atom. The third-order valence-electron chi connectivity index (χ3n) is 4.65. The summed E-state index contributed by atoms with van der Waals surface area (Å²) in [6, 6.07) is 13.5. The largest absolute Gasteiger partial charge is 0.505 e. The molecule has 0 bridgehead atoms. The molecule has 2 N–H and O–H groups in total. The van der Waals surface area contributed by atoms with Crippen molar-refractivity contribution in [1.29, 1.82) is 0 Å². The Hall–Kier alpha value is -3.61. The van der Waals surface area contributed by atoms with Crippen molar-refractivity contribution in [3.8, 4) is 17.2 Å². The van der Waals surface area contributed by atoms with Crippen LogP contribution in [0.15, 0.2) is 53.3 Å². The Morgan fingerprint density at radius 3 is 2.60 bits per heavy atom. The first-order valence-electron chi connectivity index (χ1n) is 9.74. The van der Waals surface area contributed by atoms with E-state index in [1.807, 2.05) is 52.0 Å². The van der Waals surface area contributed by atoms with Crippen molar-refractivity contribution >= 4 is 5.91 Å². The smallest absolute Gasteiger partial charge is 0.276 e. The van der Waals surface area contributed by atoms with Gasteiger partial charge in [0, 0.05) is 11.6 Å². The molecule has 156 valence electrons. The molecule has 3 rings (SSSR count). The van der Waals surface area contributed by atoms with Crippen LogP contribution in [0, 0.1) is 13.8 Å². The number of nitrogens with one attached hydrogen (secondary N) is 1. The zero-order chi connectivity index (χ0) is 21.8. The third-order valence-corrected chi connectivity index (χ3v) is 4.65. The van der Waals surface area contributed by atoms with Crippen molar-refractivity contribution in [1.82, 2.24) is 15.1 Å². The number of nitrogens with zero attached hydrogens (tertiary/aromatic N) is 2. The van der Waals surface area contributed by atoms with Crippen LogP contribution in [0.3, 0.4) is 0 Å². The lowest BCUT2D eigenvalue weighted by molar-refractivity contribution is 0.0929. The molecule has 7 nitrogen and oxygen atoms in total. The molecule has 3 aromatic rings. The maximum Gasteiger partial charge on any atom is 0.276 e. The normalized spacial score (nSPS) is 11.7. The van der Waals surface area contributed by atoms with E-state index in [9.17, 15) is 14.7 Å². The van der Waals surface area contributed by atoms with Crippen LogP contribution in [0.5, 0.6) is 11.5 Å². The highest BCUT2D eigenvalue weighted by Crippen LogP contribution is 2.27. The molecule has 0 aliphatic rings. The van der Waals surface area contributed by atoms with Gasteiger partial charge in [-0.3, -0.25) is 9.59 Å². The number of hydrogen-bond acceptors (Lipinski definition) is 5. The average Bonchev–Trinajstić information content (AvgIpc) is 2.69. The number of carbonyl (C=O) groups excluding carboxylic acids is 1. The molecule has 0 saturated heterocycles. The third kappa shape index (κ3) is 4.51. The quantitative estimate of drug-likeness (QED) is 0.653. The molecule has 1 heterocycles. The van der Waals surface area contributed by atoms with Crippen molar-refractivity contribution in [3.05, 3.63) is 81.3 Å². The van der Waals surface area contributed by atoms with Gasteiger partial charge in [-0.25, -0.2) is 0 Å². The molecule has 1 atom stereocenters. The number of aromatic hydroxyl groups is 1. The topological polar surface area (TPSA) is 93.5 Å². The molecule has 0 spiro atoms. The van der Waals surface area contributed by atoms with Gasteiger partial charge < -0.3 is 15.2 Å². The van der Waals surface area contributed by atoms with E-state index in [1.165, 1.54) is 0 Å². The maximum atomic E-state index is 12.9. The standard InChI is InChI=1S/C23H25N3O4/c1-5-30-20-10-9-15(3)12-18(20)16(4)24-23(29)22-19(27)13-21(28)26(25-22)17-8-6-7-14(2)11-17/h6-13,16,27H,5H2,1-4H3,(H,24,29). The predicted octanol–water partition coefficient (Wildman–Crippen LogP) is 3.44. The van der Waals surface area contributed by atoms with E-state index in [1.54, 1.807) is 18.2 Å². The average molecular weight is 407 g/mol. The highest BCUT2D eigenvalue weighted by atomic mass is 16.5. The van der Waals surface area contributed by atoms with Gasteiger partial charge >= 0.3 is 0 Å². The van der Waals surface area contributed by atoms with Crippen LogP contribution < -0.4 is 15.6 Å². The van der Waals surface area contributed by atoms with Gasteiger partial charge in [-0.1, -0.05) is 29.8 Å². The van der Waals surface area contributed by atoms with E-state index < -0.39 is 23.3 Å². The maximum absolute atomic E-state index is 12.9. The lowest BCUT2D eigenvalue weighted by Crippen LogP contribution is -2.31. The summed E-state index contributed by atoms with van der Waals surface area (Å²) >= 11 is 0. The number of carbonyl (C=O) groups is 1. The van der Waals surface area contributed by atoms with Gasteiger partial charge in [0.15, 0.2) is 11.4 Å². The first-order chi connectivity index (χ1) is 14.3. The molecule has 1 unspecified atom stereocenters. The van der Waals surface area contributed by atoms with Crippen molar-refractivity contribution in [2.24, 2.45) is 0 Å². The lowest BCUT2D eigenvalue weighted by atomic mass is 10.0. The second-order valence-corrected chi connectivity index (χ2v) is 7.14. The predicted molar refractivity (Wildman–Crippen MR) is 114 cm³/mol. The number of hydrogen-bond donors (Lipinski definition) is 2. The molecule has 0 saturated carbocycles. The van der Waals surface area contributed by atoms with Gasteiger partial charge in [-0.05, 0) is 51.5 Å². The molecule has 2 aromatic carbocycles. The van der Waals surface area contributed by atoms with Crippen LogP contribution in [0.1, 0.15) is 47.1 Å². The molecular formula is C23H25N3O4. The number of ether oxygens (including phenoxy) is 1. The molecule has 7 heteroatoms. The Morgan fingerprint density at radius 1 is 1.17 bits per heavy atom. The van der Waals surface area contributed by atoms with Gasteiger partial charge in [0.1, 0.15) is 5.75 Å². The van der Waals surface area contributed by atoms with E-state index >= 15 is 0 Å². The van der Waals surface area contributed by atoms with Crippen molar-refractivity contribution in [3.63, 3.8) is 0 Å². The fraction of sp³-hybridized carbons (Fsp3) is 0.261. The van der Waals surface area contributed by atoms with Crippen LogP contribution in [0.25, 0.3) is 5.69 Å². The molecule has 1 amide bonds. The molecule has 0 aliphatic heterocycles. The van der Waals surface area contributed by atoms with Crippen molar-refractivity contribution in [2.75, 3.05) is 6.61 Å². The van der Waals surface area contributed by atoms with E-state index in [-0.39, 0.29) is 5.69 Å². The number of aryl methyl sites for hydroxylation is 2. The summed E-state index contributed by atoms with van der Waals surface area (Å²) in [5.74, 6) is -0.383. The Labute approximate surface area is 174 Å². The van der Waals surface area contributed by atoms with Crippen LogP contribution in [0.2, 0.25) is 0 Å². The summed E-state index contributed by atoms with van der Waals surface area (Å²) < 4.78 is 6.77. The van der Waals surface area contributed by atoms with E-state index in [0.29, 0.717) is 18.0 Å². The number of benzene rings is 2. The molecule has 0 aliphatic carbocycles. The summed E-state index contributed by atoms with van der Waals surface area (Å²) in [6.45, 7) is 8.06. The molecule has 0 fully saturated rings. The van der Waals surface area contributed by atoms with Crippen molar-refractivity contribution < 1.29 is 14.6 Å². The summed E-state index contributed by atoms with van der Waals surface area (Å²) in [7, 11) is 0. The van der Waals surface area contributed by atoms with E-state index in [2.05, 4.69) is 10.4 Å². The zero-order valence-corrected chi connectivity index (χ0v) is 17.5. The minimum absolute atomic E-state index is 0.228. The highest BCUT2D eigenvalue weighted by molar-refractivity contribution is 5.94. The number of amides is 1. The summed E-state index contributed by atoms with van der Waals surface area (Å²) in [4.78, 5) is 25.2. The van der Waals surface area contributed by atoms with Gasteiger partial charge in [-0.2, -0.15) is 9.78 Å². The lowest BCUT2D eigenvalue weighted by Gasteiger charge is -2.19. The number of aromatic nitrogens is 2. The Balaban J connectivity index is 1.93. The van der Waals surface area contributed by atoms with Gasteiger partial charge in [0.2, 0.25) is 0 Å². The Kier molecular flexibility index (Phi) is 6.20. The SMILES string of the molecule is CCOc1ccc(C)cc1C(C)NC(=O)c1nn(-c2cccc(C)c2)c(=O)cc1O.